The van der Waals surface area contributed by atoms with Crippen molar-refractivity contribution in [3.8, 4) is 0 Å². The molecule has 1 aliphatic rings. The highest BCUT2D eigenvalue weighted by molar-refractivity contribution is 7.84. The number of hydrogen-bond acceptors (Lipinski definition) is 13. The highest BCUT2D eigenvalue weighted by atomic mass is 32.2. The number of aliphatic carboxylic acids is 1. The van der Waals surface area contributed by atoms with Gasteiger partial charge in [0.05, 0.1) is 12.6 Å². The number of aromatic nitrogens is 4. The minimum Gasteiger partial charge on any atom is -0.478 e. The molecule has 3 amide bonds. The van der Waals surface area contributed by atoms with Gasteiger partial charge in [-0.2, -0.15) is 8.42 Å². The number of carboxylic acids is 1. The summed E-state index contributed by atoms with van der Waals surface area (Å²) in [6, 6.07) is -2.23. The molecule has 1 aliphatic heterocycles. The van der Waals surface area contributed by atoms with E-state index in [0.717, 1.165) is 11.0 Å². The van der Waals surface area contributed by atoms with Crippen LogP contribution in [-0.4, -0.2) is 89.7 Å². The first-order valence-corrected chi connectivity index (χ1v) is 12.2. The number of hydrogen-bond donors (Lipinski definition) is 5. The van der Waals surface area contributed by atoms with Crippen LogP contribution in [0, 0.1) is 0 Å². The topological polar surface area (TPSA) is 275 Å². The molecule has 0 saturated carbocycles. The van der Waals surface area contributed by atoms with Crippen LogP contribution < -0.4 is 16.8 Å². The lowest BCUT2D eigenvalue weighted by Gasteiger charge is -2.43. The van der Waals surface area contributed by atoms with Gasteiger partial charge in [0.2, 0.25) is 17.8 Å². The summed E-state index contributed by atoms with van der Waals surface area (Å²) in [5.41, 5.74) is 10.1. The number of oxime groups is 1. The molecule has 0 aliphatic carbocycles. The summed E-state index contributed by atoms with van der Waals surface area (Å²) < 4.78 is 32.5. The molecule has 2 atom stereocenters. The average molecular weight is 562 g/mol. The maximum atomic E-state index is 11.6. The second kappa shape index (κ2) is 11.3. The number of carbonyl (C=O) groups excluding carboxylic acids is 3. The fourth-order valence-electron chi connectivity index (χ4n) is 2.65. The number of nitrogens with zero attached hydrogens (tertiary/aromatic N) is 6. The minimum atomic E-state index is -4.77. The van der Waals surface area contributed by atoms with Crippen LogP contribution in [0.15, 0.2) is 16.9 Å². The van der Waals surface area contributed by atoms with Gasteiger partial charge in [0.25, 0.3) is 11.8 Å². The molecule has 7 N–H and O–H groups in total. The summed E-state index contributed by atoms with van der Waals surface area (Å²) >= 11 is 1.29. The smallest absolute Gasteiger partial charge is 0.362 e. The highest BCUT2D eigenvalue weighted by Gasteiger charge is 2.53. The Kier molecular flexibility index (Phi) is 8.85. The summed E-state index contributed by atoms with van der Waals surface area (Å²) in [5.74, 6) is -3.24. The molecule has 0 spiro atoms. The lowest BCUT2D eigenvalue weighted by atomic mass is 9.99. The van der Waals surface area contributed by atoms with Gasteiger partial charge in [-0.3, -0.25) is 18.9 Å². The molecule has 0 aromatic carbocycles. The molecule has 0 radical (unpaired) electrons. The Labute approximate surface area is 213 Å². The molecule has 37 heavy (non-hydrogen) atoms. The number of nitrogens with one attached hydrogen (secondary N) is 1. The van der Waals surface area contributed by atoms with Crippen LogP contribution in [0.1, 0.15) is 37.1 Å². The van der Waals surface area contributed by atoms with Crippen LogP contribution in [-0.2, 0) is 36.1 Å². The van der Waals surface area contributed by atoms with Crippen molar-refractivity contribution in [3.05, 3.63) is 23.2 Å². The van der Waals surface area contributed by atoms with Crippen molar-refractivity contribution >= 4 is 56.7 Å². The van der Waals surface area contributed by atoms with E-state index in [1.165, 1.54) is 25.2 Å². The number of primary amides is 1. The van der Waals surface area contributed by atoms with E-state index in [9.17, 15) is 27.6 Å². The van der Waals surface area contributed by atoms with E-state index in [1.807, 2.05) is 0 Å². The van der Waals surface area contributed by atoms with Gasteiger partial charge >= 0.3 is 16.3 Å². The summed E-state index contributed by atoms with van der Waals surface area (Å²) in [5, 5.41) is 20.5. The molecule has 2 unspecified atom stereocenters. The summed E-state index contributed by atoms with van der Waals surface area (Å²) in [4.78, 5) is 56.1. The maximum absolute atomic E-state index is 11.6. The Morgan fingerprint density at radius 3 is 2.51 bits per heavy atom. The van der Waals surface area contributed by atoms with Gasteiger partial charge in [0.1, 0.15) is 23.8 Å². The predicted molar refractivity (Wildman–Crippen MR) is 125 cm³/mol. The van der Waals surface area contributed by atoms with Crippen molar-refractivity contribution < 1.29 is 42.1 Å². The van der Waals surface area contributed by atoms with Gasteiger partial charge in [0.15, 0.2) is 5.13 Å². The SMILES string of the molecule is C/C(=N\OC(C)(C)C(=O)O)c1csc(N)n1.NC(=O)c1ncn(CC2C(NC=O)C(=O)N2S(=O)(=O)O)n1. The first-order chi connectivity index (χ1) is 17.1. The summed E-state index contributed by atoms with van der Waals surface area (Å²) in [7, 11) is -4.77. The Balaban J connectivity index is 0.000000271. The minimum absolute atomic E-state index is 0.208. The molecule has 0 bridgehead atoms. The average Bonchev–Trinajstić information content (AvgIpc) is 3.44. The van der Waals surface area contributed by atoms with E-state index < -0.39 is 45.8 Å². The van der Waals surface area contributed by atoms with Crippen LogP contribution in [0.3, 0.4) is 0 Å². The summed E-state index contributed by atoms with van der Waals surface area (Å²) in [6.45, 7) is 4.28. The molecule has 2 aromatic heterocycles. The number of carboxylic acid groups (broad SMARTS) is 1. The number of nitrogen functional groups attached to an aromatic ring is 1. The Bertz CT molecular complexity index is 1320. The van der Waals surface area contributed by atoms with Gasteiger partial charge in [-0.05, 0) is 20.8 Å². The van der Waals surface area contributed by atoms with E-state index in [-0.39, 0.29) is 23.1 Å². The number of anilines is 1. The zero-order valence-electron chi connectivity index (χ0n) is 19.5. The molecular weight excluding hydrogens is 538 g/mol. The lowest BCUT2D eigenvalue weighted by Crippen LogP contribution is -2.72. The van der Waals surface area contributed by atoms with Gasteiger partial charge in [0, 0.05) is 5.38 Å². The Morgan fingerprint density at radius 2 is 2.05 bits per heavy atom. The number of rotatable bonds is 10. The Morgan fingerprint density at radius 1 is 1.41 bits per heavy atom. The standard InChI is InChI=1S/C9H13N3O3S.C8H10N6O6S/c1-5(6-4-16-8(10)11-6)12-15-9(2,3)7(13)14;9-6(16)7-10-2-13(12-7)1-4-5(11-3-15)8(17)14(4)21(18,19)20/h4H,1-3H3,(H2,10,11)(H,13,14);2-5H,1H2,(H2,9,16)(H,11,15)(H,18,19,20)/b12-5+;. The Hall–Kier alpha value is -4.17. The molecule has 202 valence electrons. The van der Waals surface area contributed by atoms with Gasteiger partial charge in [-0.1, -0.05) is 5.16 Å². The third kappa shape index (κ3) is 7.17. The second-order valence-corrected chi connectivity index (χ2v) is 9.93. The van der Waals surface area contributed by atoms with E-state index in [1.54, 1.807) is 12.3 Å². The van der Waals surface area contributed by atoms with Gasteiger partial charge in [-0.25, -0.2) is 23.7 Å². The van der Waals surface area contributed by atoms with Gasteiger partial charge in [-0.15, -0.1) is 16.4 Å². The van der Waals surface area contributed by atoms with E-state index >= 15 is 0 Å². The van der Waals surface area contributed by atoms with E-state index in [0.29, 0.717) is 16.5 Å². The zero-order valence-corrected chi connectivity index (χ0v) is 21.1. The second-order valence-electron chi connectivity index (χ2n) is 7.75. The van der Waals surface area contributed by atoms with Crippen molar-refractivity contribution in [1.82, 2.24) is 29.4 Å². The molecule has 1 saturated heterocycles. The molecule has 20 heteroatoms. The van der Waals surface area contributed by atoms with E-state index in [4.69, 9.17) is 26.0 Å². The number of amides is 3. The number of thiazole rings is 1. The third-order valence-corrected chi connectivity index (χ3v) is 6.24. The number of β-lactam (4-membered cyclic amide) rings is 1. The highest BCUT2D eigenvalue weighted by Crippen LogP contribution is 2.24. The third-order valence-electron chi connectivity index (χ3n) is 4.61. The lowest BCUT2D eigenvalue weighted by molar-refractivity contribution is -0.161. The molecule has 18 nitrogen and oxygen atoms in total. The molecule has 1 fully saturated rings. The maximum Gasteiger partial charge on any atom is 0.362 e. The molecular formula is C17H23N9O9S2. The van der Waals surface area contributed by atoms with Crippen LogP contribution in [0.4, 0.5) is 5.13 Å². The molecule has 3 heterocycles. The van der Waals surface area contributed by atoms with Crippen LogP contribution in [0.2, 0.25) is 0 Å². The number of nitrogens with two attached hydrogens (primary N) is 2. The van der Waals surface area contributed by atoms with Crippen LogP contribution in [0.5, 0.6) is 0 Å². The first-order valence-electron chi connectivity index (χ1n) is 9.95. The normalized spacial score (nSPS) is 17.8. The largest absolute Gasteiger partial charge is 0.478 e. The monoisotopic (exact) mass is 561 g/mol. The van der Waals surface area contributed by atoms with Crippen molar-refractivity contribution in [2.75, 3.05) is 5.73 Å². The predicted octanol–water partition coefficient (Wildman–Crippen LogP) is -2.17. The fourth-order valence-corrected chi connectivity index (χ4v) is 4.13. The van der Waals surface area contributed by atoms with Crippen molar-refractivity contribution in [2.24, 2.45) is 10.9 Å². The van der Waals surface area contributed by atoms with Crippen LogP contribution in [0.25, 0.3) is 0 Å². The van der Waals surface area contributed by atoms with E-state index in [2.05, 4.69) is 25.5 Å². The quantitative estimate of drug-likeness (QED) is 0.0680. The van der Waals surface area contributed by atoms with Crippen molar-refractivity contribution in [1.29, 1.82) is 0 Å². The van der Waals surface area contributed by atoms with Gasteiger partial charge < -0.3 is 26.7 Å². The fraction of sp³-hybridized carbons (Fsp3) is 0.412. The zero-order chi connectivity index (χ0) is 28.1. The number of carbonyl (C=O) groups is 4. The summed E-state index contributed by atoms with van der Waals surface area (Å²) in [6.07, 6.45) is 1.33. The molecule has 2 aromatic rings. The van der Waals surface area contributed by atoms with Crippen molar-refractivity contribution in [2.45, 2.75) is 45.0 Å². The molecule has 3 rings (SSSR count). The van der Waals surface area contributed by atoms with Crippen LogP contribution >= 0.6 is 11.3 Å². The first kappa shape index (κ1) is 29.1. The van der Waals surface area contributed by atoms with Crippen molar-refractivity contribution in [3.63, 3.8) is 0 Å².